The number of halogens is 1. The van der Waals surface area contributed by atoms with Crippen molar-refractivity contribution < 1.29 is 14.3 Å². The molecule has 1 aromatic rings. The maximum Gasteiger partial charge on any atom is 0.307 e. The molecule has 0 bridgehead atoms. The van der Waals surface area contributed by atoms with E-state index in [1.807, 2.05) is 6.92 Å². The molecule has 0 saturated heterocycles. The molecular weight excluding hydrogens is 254 g/mol. The number of esters is 1. The van der Waals surface area contributed by atoms with Gasteiger partial charge in [-0.3, -0.25) is 9.59 Å². The average Bonchev–Trinajstić information content (AvgIpc) is 2.38. The van der Waals surface area contributed by atoms with E-state index in [0.29, 0.717) is 10.6 Å². The number of ether oxygens (including phenoxy) is 1. The minimum atomic E-state index is -0.585. The van der Waals surface area contributed by atoms with Gasteiger partial charge < -0.3 is 10.1 Å². The van der Waals surface area contributed by atoms with Gasteiger partial charge in [-0.25, -0.2) is 0 Å². The standard InChI is InChI=1S/C13H16ClNO3/c1-8-6-9(4-5-10(8)14)13(17)11(15-2)7-12(16)18-3/h4-6,11,15H,7H2,1-3H3. The zero-order valence-corrected chi connectivity index (χ0v) is 11.4. The van der Waals surface area contributed by atoms with Gasteiger partial charge in [-0.1, -0.05) is 11.6 Å². The summed E-state index contributed by atoms with van der Waals surface area (Å²) in [5, 5.41) is 3.43. The summed E-state index contributed by atoms with van der Waals surface area (Å²) in [4.78, 5) is 23.4. The Hall–Kier alpha value is -1.39. The zero-order chi connectivity index (χ0) is 13.7. The van der Waals surface area contributed by atoms with E-state index < -0.39 is 12.0 Å². The molecule has 0 amide bonds. The van der Waals surface area contributed by atoms with E-state index in [0.717, 1.165) is 5.56 Å². The van der Waals surface area contributed by atoms with Gasteiger partial charge in [0.15, 0.2) is 5.78 Å². The van der Waals surface area contributed by atoms with Crippen LogP contribution in [0.1, 0.15) is 22.3 Å². The molecule has 1 atom stereocenters. The molecule has 0 heterocycles. The molecule has 18 heavy (non-hydrogen) atoms. The van der Waals surface area contributed by atoms with Crippen molar-refractivity contribution in [1.29, 1.82) is 0 Å². The quantitative estimate of drug-likeness (QED) is 0.656. The van der Waals surface area contributed by atoms with Crippen LogP contribution in [0.15, 0.2) is 18.2 Å². The summed E-state index contributed by atoms with van der Waals surface area (Å²) >= 11 is 5.90. The lowest BCUT2D eigenvalue weighted by Gasteiger charge is -2.14. The summed E-state index contributed by atoms with van der Waals surface area (Å²) in [6.07, 6.45) is 0.00745. The van der Waals surface area contributed by atoms with Crippen LogP contribution in [0, 0.1) is 6.92 Å². The average molecular weight is 270 g/mol. The number of Topliss-reactive ketones (excluding diaryl/α,β-unsaturated/α-hetero) is 1. The van der Waals surface area contributed by atoms with Crippen LogP contribution >= 0.6 is 11.6 Å². The molecule has 1 unspecified atom stereocenters. The highest BCUT2D eigenvalue weighted by Crippen LogP contribution is 2.17. The summed E-state index contributed by atoms with van der Waals surface area (Å²) < 4.78 is 4.56. The van der Waals surface area contributed by atoms with Crippen molar-refractivity contribution in [2.75, 3.05) is 14.2 Å². The number of carbonyl (C=O) groups excluding carboxylic acids is 2. The second-order valence-electron chi connectivity index (χ2n) is 3.95. The van der Waals surface area contributed by atoms with Crippen LogP contribution in [0.2, 0.25) is 5.02 Å². The van der Waals surface area contributed by atoms with E-state index >= 15 is 0 Å². The fraction of sp³-hybridized carbons (Fsp3) is 0.385. The molecular formula is C13H16ClNO3. The van der Waals surface area contributed by atoms with Gasteiger partial charge in [0.1, 0.15) is 0 Å². The fourth-order valence-electron chi connectivity index (χ4n) is 1.57. The van der Waals surface area contributed by atoms with Crippen LogP contribution in [0.4, 0.5) is 0 Å². The molecule has 1 rings (SSSR count). The highest BCUT2D eigenvalue weighted by Gasteiger charge is 2.22. The van der Waals surface area contributed by atoms with Gasteiger partial charge in [-0.15, -0.1) is 0 Å². The topological polar surface area (TPSA) is 55.4 Å². The minimum Gasteiger partial charge on any atom is -0.469 e. The molecule has 98 valence electrons. The maximum atomic E-state index is 12.2. The van der Waals surface area contributed by atoms with Gasteiger partial charge in [0.05, 0.1) is 19.6 Å². The van der Waals surface area contributed by atoms with Gasteiger partial charge in [0, 0.05) is 10.6 Å². The molecule has 0 aliphatic carbocycles. The molecule has 0 aromatic heterocycles. The summed E-state index contributed by atoms with van der Waals surface area (Å²) in [6, 6.07) is 4.46. The number of carbonyl (C=O) groups is 2. The number of benzene rings is 1. The molecule has 5 heteroatoms. The summed E-state index contributed by atoms with van der Waals surface area (Å²) in [5.41, 5.74) is 1.36. The van der Waals surface area contributed by atoms with Crippen LogP contribution in [-0.2, 0) is 9.53 Å². The van der Waals surface area contributed by atoms with E-state index in [9.17, 15) is 9.59 Å². The van der Waals surface area contributed by atoms with Crippen molar-refractivity contribution in [3.63, 3.8) is 0 Å². The Kier molecular flexibility index (Phi) is 5.31. The Morgan fingerprint density at radius 3 is 2.61 bits per heavy atom. The van der Waals surface area contributed by atoms with Crippen molar-refractivity contribution in [2.24, 2.45) is 0 Å². The first-order chi connectivity index (χ1) is 8.49. The number of rotatable bonds is 5. The molecule has 1 N–H and O–H groups in total. The van der Waals surface area contributed by atoms with E-state index in [1.54, 1.807) is 25.2 Å². The second-order valence-corrected chi connectivity index (χ2v) is 4.36. The number of aryl methyl sites for hydroxylation is 1. The number of ketones is 1. The molecule has 0 aliphatic rings. The Morgan fingerprint density at radius 1 is 1.44 bits per heavy atom. The first-order valence-electron chi connectivity index (χ1n) is 5.54. The van der Waals surface area contributed by atoms with E-state index in [2.05, 4.69) is 10.1 Å². The van der Waals surface area contributed by atoms with Crippen LogP contribution < -0.4 is 5.32 Å². The SMILES string of the molecule is CNC(CC(=O)OC)C(=O)c1ccc(Cl)c(C)c1. The molecule has 0 fully saturated rings. The van der Waals surface area contributed by atoms with Crippen molar-refractivity contribution in [3.05, 3.63) is 34.3 Å². The third-order valence-corrected chi connectivity index (χ3v) is 3.13. The Bertz CT molecular complexity index is 460. The minimum absolute atomic E-state index is 0.00745. The fourth-order valence-corrected chi connectivity index (χ4v) is 1.69. The Morgan fingerprint density at radius 2 is 2.11 bits per heavy atom. The third-order valence-electron chi connectivity index (χ3n) is 2.71. The predicted octanol–water partition coefficient (Wildman–Crippen LogP) is 1.98. The van der Waals surface area contributed by atoms with E-state index in [-0.39, 0.29) is 12.2 Å². The largest absolute Gasteiger partial charge is 0.469 e. The predicted molar refractivity (Wildman–Crippen MR) is 70.0 cm³/mol. The number of hydrogen-bond donors (Lipinski definition) is 1. The Labute approximate surface area is 111 Å². The number of nitrogens with one attached hydrogen (secondary N) is 1. The smallest absolute Gasteiger partial charge is 0.307 e. The van der Waals surface area contributed by atoms with Crippen LogP contribution in [0.5, 0.6) is 0 Å². The van der Waals surface area contributed by atoms with Gasteiger partial charge in [-0.05, 0) is 37.7 Å². The molecule has 0 aliphatic heterocycles. The first kappa shape index (κ1) is 14.7. The van der Waals surface area contributed by atoms with Gasteiger partial charge in [-0.2, -0.15) is 0 Å². The van der Waals surface area contributed by atoms with Crippen LogP contribution in [-0.4, -0.2) is 32.0 Å². The van der Waals surface area contributed by atoms with E-state index in [4.69, 9.17) is 11.6 Å². The molecule has 4 nitrogen and oxygen atoms in total. The maximum absolute atomic E-state index is 12.2. The molecule has 0 radical (unpaired) electrons. The lowest BCUT2D eigenvalue weighted by molar-refractivity contribution is -0.140. The lowest BCUT2D eigenvalue weighted by Crippen LogP contribution is -2.36. The van der Waals surface area contributed by atoms with Crippen molar-refractivity contribution >= 4 is 23.4 Å². The zero-order valence-electron chi connectivity index (χ0n) is 10.6. The Balaban J connectivity index is 2.89. The summed E-state index contributed by atoms with van der Waals surface area (Å²) in [5.74, 6) is -0.573. The second kappa shape index (κ2) is 6.52. The molecule has 0 spiro atoms. The van der Waals surface area contributed by atoms with Crippen LogP contribution in [0.25, 0.3) is 0 Å². The van der Waals surface area contributed by atoms with Gasteiger partial charge in [0.25, 0.3) is 0 Å². The van der Waals surface area contributed by atoms with Gasteiger partial charge >= 0.3 is 5.97 Å². The number of methoxy groups -OCH3 is 1. The molecule has 1 aromatic carbocycles. The third kappa shape index (κ3) is 3.55. The highest BCUT2D eigenvalue weighted by atomic mass is 35.5. The normalized spacial score (nSPS) is 12.0. The van der Waals surface area contributed by atoms with Crippen molar-refractivity contribution in [1.82, 2.24) is 5.32 Å². The van der Waals surface area contributed by atoms with Crippen molar-refractivity contribution in [2.45, 2.75) is 19.4 Å². The summed E-state index contributed by atoms with van der Waals surface area (Å²) in [7, 11) is 2.93. The van der Waals surface area contributed by atoms with Gasteiger partial charge in [0.2, 0.25) is 0 Å². The number of likely N-dealkylation sites (N-methyl/N-ethyl adjacent to an activating group) is 1. The number of hydrogen-bond acceptors (Lipinski definition) is 4. The van der Waals surface area contributed by atoms with Crippen molar-refractivity contribution in [3.8, 4) is 0 Å². The molecule has 0 saturated carbocycles. The lowest BCUT2D eigenvalue weighted by atomic mass is 10.0. The van der Waals surface area contributed by atoms with Crippen LogP contribution in [0.3, 0.4) is 0 Å². The monoisotopic (exact) mass is 269 g/mol. The van der Waals surface area contributed by atoms with E-state index in [1.165, 1.54) is 7.11 Å². The summed E-state index contributed by atoms with van der Waals surface area (Å²) in [6.45, 7) is 1.83. The highest BCUT2D eigenvalue weighted by molar-refractivity contribution is 6.31. The first-order valence-corrected chi connectivity index (χ1v) is 5.91.